The van der Waals surface area contributed by atoms with Crippen molar-refractivity contribution in [3.8, 4) is 5.75 Å². The Kier molecular flexibility index (Phi) is 3.30. The molecule has 0 aromatic heterocycles. The molecular formula is C14H17NO. The van der Waals surface area contributed by atoms with E-state index < -0.39 is 0 Å². The lowest BCUT2D eigenvalue weighted by Gasteiger charge is -2.13. The Balaban J connectivity index is 2.54. The summed E-state index contributed by atoms with van der Waals surface area (Å²) >= 11 is 0. The van der Waals surface area contributed by atoms with Crippen molar-refractivity contribution in [1.82, 2.24) is 0 Å². The number of fused-ring (bicyclic) bond motifs is 1. The fourth-order valence-electron chi connectivity index (χ4n) is 1.80. The molecule has 2 aromatic carbocycles. The summed E-state index contributed by atoms with van der Waals surface area (Å²) in [5.74, 6) is 0.961. The molecule has 2 rings (SSSR count). The molecule has 0 radical (unpaired) electrons. The SMILES string of the molecule is CCCOc1c(NC)ccc2ccccc12. The van der Waals surface area contributed by atoms with Crippen LogP contribution in [0.4, 0.5) is 5.69 Å². The minimum atomic E-state index is 0.753. The molecule has 0 aliphatic rings. The summed E-state index contributed by atoms with van der Waals surface area (Å²) < 4.78 is 5.83. The molecule has 1 N–H and O–H groups in total. The van der Waals surface area contributed by atoms with E-state index in [2.05, 4.69) is 36.5 Å². The van der Waals surface area contributed by atoms with Gasteiger partial charge in [-0.2, -0.15) is 0 Å². The molecule has 0 heterocycles. The van der Waals surface area contributed by atoms with Crippen LogP contribution in [0.25, 0.3) is 10.8 Å². The lowest BCUT2D eigenvalue weighted by molar-refractivity contribution is 0.322. The van der Waals surface area contributed by atoms with Crippen LogP contribution in [-0.2, 0) is 0 Å². The second kappa shape index (κ2) is 4.88. The van der Waals surface area contributed by atoms with Crippen LogP contribution >= 0.6 is 0 Å². The van der Waals surface area contributed by atoms with Crippen molar-refractivity contribution in [2.75, 3.05) is 19.0 Å². The van der Waals surface area contributed by atoms with Gasteiger partial charge >= 0.3 is 0 Å². The van der Waals surface area contributed by atoms with Gasteiger partial charge in [-0.05, 0) is 17.9 Å². The molecular weight excluding hydrogens is 198 g/mol. The van der Waals surface area contributed by atoms with E-state index in [-0.39, 0.29) is 0 Å². The number of nitrogens with one attached hydrogen (secondary N) is 1. The lowest BCUT2D eigenvalue weighted by Crippen LogP contribution is -2.00. The smallest absolute Gasteiger partial charge is 0.150 e. The average Bonchev–Trinajstić information content (AvgIpc) is 2.35. The Bertz CT molecular complexity index is 479. The molecule has 2 nitrogen and oxygen atoms in total. The molecule has 0 bridgehead atoms. The maximum atomic E-state index is 5.83. The molecule has 2 aromatic rings. The lowest BCUT2D eigenvalue weighted by atomic mass is 10.1. The van der Waals surface area contributed by atoms with Gasteiger partial charge in [-0.3, -0.25) is 0 Å². The third kappa shape index (κ3) is 1.96. The molecule has 2 heteroatoms. The van der Waals surface area contributed by atoms with Gasteiger partial charge in [0.1, 0.15) is 5.75 Å². The molecule has 0 aliphatic carbocycles. The van der Waals surface area contributed by atoms with Crippen LogP contribution in [0.15, 0.2) is 36.4 Å². The molecule has 0 spiro atoms. The molecule has 0 amide bonds. The first-order valence-corrected chi connectivity index (χ1v) is 5.69. The first-order valence-electron chi connectivity index (χ1n) is 5.69. The summed E-state index contributed by atoms with van der Waals surface area (Å²) in [7, 11) is 1.92. The van der Waals surface area contributed by atoms with E-state index in [4.69, 9.17) is 4.74 Å². The number of anilines is 1. The van der Waals surface area contributed by atoms with E-state index in [1.807, 2.05) is 19.2 Å². The topological polar surface area (TPSA) is 21.3 Å². The second-order valence-electron chi connectivity index (χ2n) is 3.76. The van der Waals surface area contributed by atoms with Crippen LogP contribution in [-0.4, -0.2) is 13.7 Å². The van der Waals surface area contributed by atoms with Crippen LogP contribution in [0.5, 0.6) is 5.75 Å². The van der Waals surface area contributed by atoms with Gasteiger partial charge in [-0.1, -0.05) is 37.3 Å². The Morgan fingerprint density at radius 2 is 1.94 bits per heavy atom. The molecule has 0 aliphatic heterocycles. The average molecular weight is 215 g/mol. The predicted octanol–water partition coefficient (Wildman–Crippen LogP) is 3.67. The molecule has 0 fully saturated rings. The highest BCUT2D eigenvalue weighted by atomic mass is 16.5. The third-order valence-electron chi connectivity index (χ3n) is 2.60. The zero-order valence-corrected chi connectivity index (χ0v) is 9.79. The zero-order chi connectivity index (χ0) is 11.4. The van der Waals surface area contributed by atoms with Gasteiger partial charge in [0, 0.05) is 12.4 Å². The van der Waals surface area contributed by atoms with Crippen molar-refractivity contribution < 1.29 is 4.74 Å². The zero-order valence-electron chi connectivity index (χ0n) is 9.79. The Morgan fingerprint density at radius 1 is 1.12 bits per heavy atom. The highest BCUT2D eigenvalue weighted by molar-refractivity contribution is 5.93. The Morgan fingerprint density at radius 3 is 2.69 bits per heavy atom. The van der Waals surface area contributed by atoms with Gasteiger partial charge < -0.3 is 10.1 Å². The summed E-state index contributed by atoms with van der Waals surface area (Å²) in [5.41, 5.74) is 1.05. The van der Waals surface area contributed by atoms with E-state index in [1.165, 1.54) is 10.8 Å². The molecule has 0 unspecified atom stereocenters. The van der Waals surface area contributed by atoms with Gasteiger partial charge in [-0.15, -0.1) is 0 Å². The fraction of sp³-hybridized carbons (Fsp3) is 0.286. The summed E-state index contributed by atoms with van der Waals surface area (Å²) in [5, 5.41) is 5.56. The van der Waals surface area contributed by atoms with E-state index in [0.717, 1.165) is 24.5 Å². The highest BCUT2D eigenvalue weighted by Gasteiger charge is 2.06. The van der Waals surface area contributed by atoms with Crippen molar-refractivity contribution in [3.63, 3.8) is 0 Å². The minimum absolute atomic E-state index is 0.753. The third-order valence-corrected chi connectivity index (χ3v) is 2.60. The normalized spacial score (nSPS) is 10.4. The van der Waals surface area contributed by atoms with E-state index in [1.54, 1.807) is 0 Å². The maximum absolute atomic E-state index is 5.83. The quantitative estimate of drug-likeness (QED) is 0.840. The van der Waals surface area contributed by atoms with Crippen LogP contribution < -0.4 is 10.1 Å². The largest absolute Gasteiger partial charge is 0.491 e. The first kappa shape index (κ1) is 10.8. The molecule has 0 saturated heterocycles. The summed E-state index contributed by atoms with van der Waals surface area (Å²) in [4.78, 5) is 0. The van der Waals surface area contributed by atoms with Crippen LogP contribution in [0, 0.1) is 0 Å². The number of rotatable bonds is 4. The Labute approximate surface area is 96.2 Å². The molecule has 84 valence electrons. The molecule has 0 atom stereocenters. The highest BCUT2D eigenvalue weighted by Crippen LogP contribution is 2.33. The standard InChI is InChI=1S/C14H17NO/c1-3-10-16-14-12-7-5-4-6-11(12)8-9-13(14)15-2/h4-9,15H,3,10H2,1-2H3. The van der Waals surface area contributed by atoms with Crippen molar-refractivity contribution >= 4 is 16.5 Å². The van der Waals surface area contributed by atoms with Gasteiger partial charge in [0.2, 0.25) is 0 Å². The van der Waals surface area contributed by atoms with E-state index >= 15 is 0 Å². The van der Waals surface area contributed by atoms with Crippen LogP contribution in [0.3, 0.4) is 0 Å². The second-order valence-corrected chi connectivity index (χ2v) is 3.76. The van der Waals surface area contributed by atoms with Gasteiger partial charge in [0.25, 0.3) is 0 Å². The fourth-order valence-corrected chi connectivity index (χ4v) is 1.80. The van der Waals surface area contributed by atoms with Gasteiger partial charge in [0.05, 0.1) is 12.3 Å². The van der Waals surface area contributed by atoms with E-state index in [9.17, 15) is 0 Å². The predicted molar refractivity (Wildman–Crippen MR) is 69.3 cm³/mol. The van der Waals surface area contributed by atoms with E-state index in [0.29, 0.717) is 0 Å². The minimum Gasteiger partial charge on any atom is -0.491 e. The number of benzene rings is 2. The monoisotopic (exact) mass is 215 g/mol. The number of hydrogen-bond acceptors (Lipinski definition) is 2. The molecule has 0 saturated carbocycles. The van der Waals surface area contributed by atoms with Crippen molar-refractivity contribution in [2.24, 2.45) is 0 Å². The Hall–Kier alpha value is -1.70. The number of hydrogen-bond donors (Lipinski definition) is 1. The van der Waals surface area contributed by atoms with Crippen molar-refractivity contribution in [2.45, 2.75) is 13.3 Å². The summed E-state index contributed by atoms with van der Waals surface area (Å²) in [6.45, 7) is 2.87. The number of ether oxygens (including phenoxy) is 1. The first-order chi connectivity index (χ1) is 7.86. The maximum Gasteiger partial charge on any atom is 0.150 e. The van der Waals surface area contributed by atoms with Gasteiger partial charge in [0.15, 0.2) is 0 Å². The van der Waals surface area contributed by atoms with Crippen molar-refractivity contribution in [3.05, 3.63) is 36.4 Å². The van der Waals surface area contributed by atoms with Gasteiger partial charge in [-0.25, -0.2) is 0 Å². The summed E-state index contributed by atoms with van der Waals surface area (Å²) in [6, 6.07) is 12.5. The molecule has 16 heavy (non-hydrogen) atoms. The summed E-state index contributed by atoms with van der Waals surface area (Å²) in [6.07, 6.45) is 1.02. The van der Waals surface area contributed by atoms with Crippen LogP contribution in [0.2, 0.25) is 0 Å². The van der Waals surface area contributed by atoms with Crippen LogP contribution in [0.1, 0.15) is 13.3 Å². The van der Waals surface area contributed by atoms with Crippen molar-refractivity contribution in [1.29, 1.82) is 0 Å².